The standard InChI is InChI=1S/C17H34N2S/c1-14-11-18-15(16(2,3)4)12-19(14)13-17(20-5)9-7-6-8-10-17/h14-15,18H,6-13H2,1-5H3. The lowest BCUT2D eigenvalue weighted by molar-refractivity contribution is 0.0798. The van der Waals surface area contributed by atoms with Crippen molar-refractivity contribution >= 4 is 11.8 Å². The van der Waals surface area contributed by atoms with Gasteiger partial charge < -0.3 is 5.32 Å². The highest BCUT2D eigenvalue weighted by atomic mass is 32.2. The minimum absolute atomic E-state index is 0.359. The fourth-order valence-corrected chi connectivity index (χ4v) is 4.71. The summed E-state index contributed by atoms with van der Waals surface area (Å²) in [6.07, 6.45) is 9.49. The van der Waals surface area contributed by atoms with Crippen LogP contribution in [0.2, 0.25) is 0 Å². The first-order valence-electron chi connectivity index (χ1n) is 8.39. The van der Waals surface area contributed by atoms with Crippen LogP contribution < -0.4 is 5.32 Å². The number of nitrogens with zero attached hydrogens (tertiary/aromatic N) is 1. The van der Waals surface area contributed by atoms with Gasteiger partial charge in [0.05, 0.1) is 0 Å². The average Bonchev–Trinajstić information content (AvgIpc) is 2.41. The smallest absolute Gasteiger partial charge is 0.0284 e. The van der Waals surface area contributed by atoms with Crippen molar-refractivity contribution in [3.8, 4) is 0 Å². The number of hydrogen-bond donors (Lipinski definition) is 1. The van der Waals surface area contributed by atoms with Crippen molar-refractivity contribution in [3.05, 3.63) is 0 Å². The summed E-state index contributed by atoms with van der Waals surface area (Å²) in [6.45, 7) is 13.1. The van der Waals surface area contributed by atoms with Crippen LogP contribution >= 0.6 is 11.8 Å². The maximum absolute atomic E-state index is 3.76. The van der Waals surface area contributed by atoms with Crippen molar-refractivity contribution in [2.45, 2.75) is 76.6 Å². The van der Waals surface area contributed by atoms with E-state index in [9.17, 15) is 0 Å². The normalized spacial score (nSPS) is 32.2. The zero-order valence-corrected chi connectivity index (χ0v) is 15.0. The third-order valence-electron chi connectivity index (χ3n) is 5.43. The van der Waals surface area contributed by atoms with E-state index in [0.717, 1.165) is 6.54 Å². The second-order valence-electron chi connectivity index (χ2n) is 8.05. The molecule has 0 radical (unpaired) electrons. The molecule has 2 atom stereocenters. The molecule has 20 heavy (non-hydrogen) atoms. The molecule has 1 N–H and O–H groups in total. The van der Waals surface area contributed by atoms with E-state index in [-0.39, 0.29) is 0 Å². The van der Waals surface area contributed by atoms with E-state index in [1.54, 1.807) is 0 Å². The second-order valence-corrected chi connectivity index (χ2v) is 9.33. The van der Waals surface area contributed by atoms with Gasteiger partial charge in [-0.15, -0.1) is 0 Å². The Morgan fingerprint density at radius 3 is 2.40 bits per heavy atom. The maximum Gasteiger partial charge on any atom is 0.0284 e. The molecule has 0 aromatic carbocycles. The molecule has 1 aliphatic heterocycles. The van der Waals surface area contributed by atoms with Gasteiger partial charge in [-0.05, 0) is 31.4 Å². The molecule has 1 saturated heterocycles. The van der Waals surface area contributed by atoms with Gasteiger partial charge in [-0.2, -0.15) is 11.8 Å². The third kappa shape index (κ3) is 3.92. The molecule has 1 heterocycles. The van der Waals surface area contributed by atoms with Gasteiger partial charge in [0.1, 0.15) is 0 Å². The van der Waals surface area contributed by atoms with E-state index in [1.165, 1.54) is 45.2 Å². The summed E-state index contributed by atoms with van der Waals surface area (Å²) in [4.78, 5) is 2.77. The van der Waals surface area contributed by atoms with Crippen LogP contribution in [0.4, 0.5) is 0 Å². The summed E-state index contributed by atoms with van der Waals surface area (Å²) in [5.74, 6) is 0. The van der Waals surface area contributed by atoms with Crippen LogP contribution in [0.25, 0.3) is 0 Å². The molecular formula is C17H34N2S. The van der Waals surface area contributed by atoms with Gasteiger partial charge in [0.15, 0.2) is 0 Å². The Balaban J connectivity index is 2.02. The summed E-state index contributed by atoms with van der Waals surface area (Å²) in [6, 6.07) is 1.31. The fraction of sp³-hybridized carbons (Fsp3) is 1.00. The molecule has 2 nitrogen and oxygen atoms in total. The number of hydrogen-bond acceptors (Lipinski definition) is 3. The first kappa shape index (κ1) is 16.6. The summed E-state index contributed by atoms with van der Waals surface area (Å²) in [5.41, 5.74) is 0.359. The summed E-state index contributed by atoms with van der Waals surface area (Å²) in [7, 11) is 0. The monoisotopic (exact) mass is 298 g/mol. The molecule has 2 fully saturated rings. The second kappa shape index (κ2) is 6.58. The third-order valence-corrected chi connectivity index (χ3v) is 6.84. The van der Waals surface area contributed by atoms with E-state index in [2.05, 4.69) is 55.9 Å². The fourth-order valence-electron chi connectivity index (χ4n) is 3.71. The summed E-state index contributed by atoms with van der Waals surface area (Å²) in [5, 5.41) is 3.76. The van der Waals surface area contributed by atoms with Crippen LogP contribution in [0.15, 0.2) is 0 Å². The van der Waals surface area contributed by atoms with Gasteiger partial charge >= 0.3 is 0 Å². The van der Waals surface area contributed by atoms with Crippen molar-refractivity contribution < 1.29 is 0 Å². The Hall–Kier alpha value is 0.270. The molecule has 2 aliphatic rings. The lowest BCUT2D eigenvalue weighted by Crippen LogP contribution is -2.61. The van der Waals surface area contributed by atoms with Gasteiger partial charge in [0.25, 0.3) is 0 Å². The molecule has 1 aliphatic carbocycles. The number of thioether (sulfide) groups is 1. The highest BCUT2D eigenvalue weighted by molar-refractivity contribution is 8.00. The molecule has 2 rings (SSSR count). The molecular weight excluding hydrogens is 264 g/mol. The van der Waals surface area contributed by atoms with Crippen molar-refractivity contribution in [1.29, 1.82) is 0 Å². The summed E-state index contributed by atoms with van der Waals surface area (Å²) >= 11 is 2.14. The Morgan fingerprint density at radius 1 is 1.20 bits per heavy atom. The molecule has 0 spiro atoms. The molecule has 1 saturated carbocycles. The zero-order valence-electron chi connectivity index (χ0n) is 14.2. The molecule has 0 aromatic heterocycles. The van der Waals surface area contributed by atoms with Crippen molar-refractivity contribution in [3.63, 3.8) is 0 Å². The molecule has 0 amide bonds. The van der Waals surface area contributed by atoms with E-state index < -0.39 is 0 Å². The summed E-state index contributed by atoms with van der Waals surface area (Å²) < 4.78 is 0.534. The molecule has 3 heteroatoms. The molecule has 0 bridgehead atoms. The Labute approximate surface area is 130 Å². The zero-order chi connectivity index (χ0) is 14.8. The average molecular weight is 299 g/mol. The minimum Gasteiger partial charge on any atom is -0.311 e. The van der Waals surface area contributed by atoms with Gasteiger partial charge in [0.2, 0.25) is 0 Å². The van der Waals surface area contributed by atoms with Crippen LogP contribution in [0, 0.1) is 5.41 Å². The number of piperazine rings is 1. The minimum atomic E-state index is 0.359. The Bertz CT molecular complexity index is 305. The van der Waals surface area contributed by atoms with Crippen LogP contribution in [-0.4, -0.2) is 47.6 Å². The van der Waals surface area contributed by atoms with Crippen molar-refractivity contribution in [2.24, 2.45) is 5.41 Å². The van der Waals surface area contributed by atoms with E-state index in [4.69, 9.17) is 0 Å². The predicted octanol–water partition coefficient (Wildman–Crippen LogP) is 3.76. The van der Waals surface area contributed by atoms with Crippen molar-refractivity contribution in [1.82, 2.24) is 10.2 Å². The van der Waals surface area contributed by atoms with Crippen LogP contribution in [0.5, 0.6) is 0 Å². The van der Waals surface area contributed by atoms with Gasteiger partial charge in [-0.3, -0.25) is 4.90 Å². The molecule has 118 valence electrons. The molecule has 2 unspecified atom stereocenters. The lowest BCUT2D eigenvalue weighted by atomic mass is 9.83. The Morgan fingerprint density at radius 2 is 1.85 bits per heavy atom. The van der Waals surface area contributed by atoms with Gasteiger partial charge in [-0.1, -0.05) is 40.0 Å². The van der Waals surface area contributed by atoms with Crippen LogP contribution in [0.1, 0.15) is 59.8 Å². The largest absolute Gasteiger partial charge is 0.311 e. The van der Waals surface area contributed by atoms with Crippen LogP contribution in [0.3, 0.4) is 0 Å². The SMILES string of the molecule is CSC1(CN2CC(C(C)(C)C)NCC2C)CCCCC1. The quantitative estimate of drug-likeness (QED) is 0.854. The highest BCUT2D eigenvalue weighted by Gasteiger charge is 2.38. The van der Waals surface area contributed by atoms with Crippen LogP contribution in [-0.2, 0) is 0 Å². The maximum atomic E-state index is 3.76. The van der Waals surface area contributed by atoms with E-state index in [0.29, 0.717) is 22.2 Å². The van der Waals surface area contributed by atoms with Gasteiger partial charge in [-0.25, -0.2) is 0 Å². The predicted molar refractivity (Wildman–Crippen MR) is 91.6 cm³/mol. The van der Waals surface area contributed by atoms with Crippen molar-refractivity contribution in [2.75, 3.05) is 25.9 Å². The Kier molecular flexibility index (Phi) is 5.47. The topological polar surface area (TPSA) is 15.3 Å². The van der Waals surface area contributed by atoms with Gasteiger partial charge in [0, 0.05) is 36.5 Å². The number of rotatable bonds is 3. The van der Waals surface area contributed by atoms with E-state index >= 15 is 0 Å². The molecule has 0 aromatic rings. The van der Waals surface area contributed by atoms with E-state index in [1.807, 2.05) is 0 Å². The lowest BCUT2D eigenvalue weighted by Gasteiger charge is -2.48. The number of nitrogens with one attached hydrogen (secondary N) is 1. The first-order valence-corrected chi connectivity index (χ1v) is 9.61. The first-order chi connectivity index (χ1) is 9.36. The highest BCUT2D eigenvalue weighted by Crippen LogP contribution is 2.40.